The van der Waals surface area contributed by atoms with Crippen LogP contribution >= 0.6 is 34.9 Å². The van der Waals surface area contributed by atoms with Gasteiger partial charge in [-0.15, -0.1) is 0 Å². The third-order valence-electron chi connectivity index (χ3n) is 3.55. The Balaban J connectivity index is 1.53. The van der Waals surface area contributed by atoms with Gasteiger partial charge in [0.15, 0.2) is 10.2 Å². The van der Waals surface area contributed by atoms with E-state index in [1.165, 1.54) is 23.3 Å². The molecule has 0 atom stereocenters. The molecule has 4 nitrogen and oxygen atoms in total. The molecule has 1 heterocycles. The Morgan fingerprint density at radius 1 is 1.20 bits per heavy atom. The number of hydrogen-bond donors (Lipinski definition) is 1. The number of rotatable bonds is 6. The molecule has 0 fully saturated rings. The topological polar surface area (TPSA) is 54.9 Å². The van der Waals surface area contributed by atoms with Crippen LogP contribution in [0.1, 0.15) is 11.1 Å². The summed E-state index contributed by atoms with van der Waals surface area (Å²) in [6.07, 6.45) is 0. The second-order valence-corrected chi connectivity index (χ2v) is 7.74. The van der Waals surface area contributed by atoms with Gasteiger partial charge >= 0.3 is 0 Å². The summed E-state index contributed by atoms with van der Waals surface area (Å²) in [7, 11) is 0. The van der Waals surface area contributed by atoms with Crippen molar-refractivity contribution in [2.75, 3.05) is 5.75 Å². The van der Waals surface area contributed by atoms with Gasteiger partial charge in [-0.1, -0.05) is 65.8 Å². The van der Waals surface area contributed by atoms with Gasteiger partial charge in [-0.05, 0) is 35.6 Å². The maximum Gasteiger partial charge on any atom is 0.230 e. The number of nitrogens with zero attached hydrogens (tertiary/aromatic N) is 2. The molecule has 0 unspecified atom stereocenters. The predicted octanol–water partition coefficient (Wildman–Crippen LogP) is 4.58. The van der Waals surface area contributed by atoms with Gasteiger partial charge in [-0.25, -0.2) is 4.98 Å². The number of nitrogens with one attached hydrogen (secondary N) is 1. The molecule has 0 saturated heterocycles. The molecule has 1 aromatic heterocycles. The van der Waals surface area contributed by atoms with Crippen LogP contribution in [0.2, 0.25) is 5.02 Å². The Morgan fingerprint density at radius 3 is 2.76 bits per heavy atom. The molecule has 0 aliphatic carbocycles. The van der Waals surface area contributed by atoms with E-state index in [9.17, 15) is 4.79 Å². The van der Waals surface area contributed by atoms with E-state index in [4.69, 9.17) is 11.6 Å². The zero-order valence-corrected chi connectivity index (χ0v) is 15.9. The van der Waals surface area contributed by atoms with Crippen LogP contribution in [-0.2, 0) is 11.3 Å². The SMILES string of the molecule is Cc1ccccc1-c1nsc(SCC(=O)NCc2ccccc2Cl)n1. The lowest BCUT2D eigenvalue weighted by Gasteiger charge is -2.06. The molecule has 1 amide bonds. The van der Waals surface area contributed by atoms with Gasteiger partial charge in [0.2, 0.25) is 5.91 Å². The number of amides is 1. The van der Waals surface area contributed by atoms with Gasteiger partial charge in [-0.2, -0.15) is 4.37 Å². The Kier molecular flexibility index (Phi) is 6.07. The number of carbonyl (C=O) groups is 1. The third kappa shape index (κ3) is 4.81. The minimum absolute atomic E-state index is 0.0578. The molecule has 3 rings (SSSR count). The van der Waals surface area contributed by atoms with E-state index in [0.717, 1.165) is 21.0 Å². The van der Waals surface area contributed by atoms with Crippen LogP contribution in [0.5, 0.6) is 0 Å². The average molecular weight is 390 g/mol. The fourth-order valence-corrected chi connectivity index (χ4v) is 3.86. The highest BCUT2D eigenvalue weighted by Crippen LogP contribution is 2.26. The maximum atomic E-state index is 12.0. The summed E-state index contributed by atoms with van der Waals surface area (Å²) in [5, 5.41) is 3.52. The van der Waals surface area contributed by atoms with Crippen LogP contribution in [0.25, 0.3) is 11.4 Å². The lowest BCUT2D eigenvalue weighted by Crippen LogP contribution is -2.24. The van der Waals surface area contributed by atoms with E-state index in [1.54, 1.807) is 0 Å². The molecule has 1 N–H and O–H groups in total. The fourth-order valence-electron chi connectivity index (χ4n) is 2.22. The van der Waals surface area contributed by atoms with E-state index in [0.29, 0.717) is 23.1 Å². The van der Waals surface area contributed by atoms with Crippen molar-refractivity contribution in [1.29, 1.82) is 0 Å². The number of hydrogen-bond acceptors (Lipinski definition) is 5. The molecule has 2 aromatic carbocycles. The number of benzene rings is 2. The minimum atomic E-state index is -0.0578. The highest BCUT2D eigenvalue weighted by Gasteiger charge is 2.11. The van der Waals surface area contributed by atoms with Gasteiger partial charge in [0.1, 0.15) is 0 Å². The predicted molar refractivity (Wildman–Crippen MR) is 104 cm³/mol. The number of carbonyl (C=O) groups excluding carboxylic acids is 1. The first-order valence-electron chi connectivity index (χ1n) is 7.66. The summed E-state index contributed by atoms with van der Waals surface area (Å²) in [6.45, 7) is 2.45. The first-order chi connectivity index (χ1) is 12.1. The van der Waals surface area contributed by atoms with E-state index in [1.807, 2.05) is 55.5 Å². The second kappa shape index (κ2) is 8.47. The molecule has 0 saturated carbocycles. The molecular formula is C18H16ClN3OS2. The van der Waals surface area contributed by atoms with Crippen LogP contribution in [0, 0.1) is 6.92 Å². The van der Waals surface area contributed by atoms with Crippen molar-refractivity contribution in [2.24, 2.45) is 0 Å². The Hall–Kier alpha value is -1.89. The molecule has 0 spiro atoms. The summed E-state index contributed by atoms with van der Waals surface area (Å²) >= 11 is 8.78. The minimum Gasteiger partial charge on any atom is -0.351 e. The van der Waals surface area contributed by atoms with E-state index in [-0.39, 0.29) is 5.91 Å². The van der Waals surface area contributed by atoms with Crippen molar-refractivity contribution in [1.82, 2.24) is 14.7 Å². The van der Waals surface area contributed by atoms with Gasteiger partial charge in [0.05, 0.1) is 5.75 Å². The summed E-state index contributed by atoms with van der Waals surface area (Å²) in [6, 6.07) is 15.5. The molecule has 0 aliphatic rings. The Bertz CT molecular complexity index is 882. The van der Waals surface area contributed by atoms with Crippen molar-refractivity contribution in [3.8, 4) is 11.4 Å². The largest absolute Gasteiger partial charge is 0.351 e. The van der Waals surface area contributed by atoms with Crippen LogP contribution in [-0.4, -0.2) is 21.0 Å². The molecule has 25 heavy (non-hydrogen) atoms. The molecular weight excluding hydrogens is 374 g/mol. The van der Waals surface area contributed by atoms with Crippen LogP contribution in [0.15, 0.2) is 52.9 Å². The Morgan fingerprint density at radius 2 is 1.96 bits per heavy atom. The van der Waals surface area contributed by atoms with E-state index >= 15 is 0 Å². The van der Waals surface area contributed by atoms with Crippen molar-refractivity contribution in [2.45, 2.75) is 17.8 Å². The first kappa shape index (κ1) is 17.9. The van der Waals surface area contributed by atoms with E-state index in [2.05, 4.69) is 14.7 Å². The third-order valence-corrected chi connectivity index (χ3v) is 5.76. The van der Waals surface area contributed by atoms with Crippen molar-refractivity contribution >= 4 is 40.8 Å². The summed E-state index contributed by atoms with van der Waals surface area (Å²) < 4.78 is 5.17. The zero-order chi connectivity index (χ0) is 17.6. The average Bonchev–Trinajstić information content (AvgIpc) is 3.08. The van der Waals surface area contributed by atoms with Gasteiger partial charge in [0, 0.05) is 17.1 Å². The second-order valence-electron chi connectivity index (χ2n) is 5.36. The van der Waals surface area contributed by atoms with Gasteiger partial charge in [-0.3, -0.25) is 4.79 Å². The normalized spacial score (nSPS) is 10.6. The quantitative estimate of drug-likeness (QED) is 0.627. The number of thioether (sulfide) groups is 1. The number of halogens is 1. The lowest BCUT2D eigenvalue weighted by atomic mass is 10.1. The molecule has 0 radical (unpaired) electrons. The van der Waals surface area contributed by atoms with Crippen molar-refractivity contribution in [3.63, 3.8) is 0 Å². The highest BCUT2D eigenvalue weighted by molar-refractivity contribution is 8.01. The molecule has 7 heteroatoms. The zero-order valence-electron chi connectivity index (χ0n) is 13.5. The van der Waals surface area contributed by atoms with Gasteiger partial charge in [0.25, 0.3) is 0 Å². The van der Waals surface area contributed by atoms with E-state index < -0.39 is 0 Å². The smallest absolute Gasteiger partial charge is 0.230 e. The van der Waals surface area contributed by atoms with Crippen LogP contribution in [0.4, 0.5) is 0 Å². The van der Waals surface area contributed by atoms with Crippen LogP contribution < -0.4 is 5.32 Å². The highest BCUT2D eigenvalue weighted by atomic mass is 35.5. The first-order valence-corrected chi connectivity index (χ1v) is 9.80. The summed E-state index contributed by atoms with van der Waals surface area (Å²) in [4.78, 5) is 16.5. The Labute approximate surface area is 159 Å². The molecule has 0 aliphatic heterocycles. The standard InChI is InChI=1S/C18H16ClN3OS2/c1-12-6-2-4-8-14(12)17-21-18(25-22-17)24-11-16(23)20-10-13-7-3-5-9-15(13)19/h2-9H,10-11H2,1H3,(H,20,23). The molecule has 128 valence electrons. The van der Waals surface area contributed by atoms with Crippen LogP contribution in [0.3, 0.4) is 0 Å². The fraction of sp³-hybridized carbons (Fsp3) is 0.167. The molecule has 3 aromatic rings. The molecule has 0 bridgehead atoms. The van der Waals surface area contributed by atoms with Crippen molar-refractivity contribution < 1.29 is 4.79 Å². The van der Waals surface area contributed by atoms with Gasteiger partial charge < -0.3 is 5.32 Å². The monoisotopic (exact) mass is 389 g/mol. The summed E-state index contributed by atoms with van der Waals surface area (Å²) in [5.41, 5.74) is 3.06. The lowest BCUT2D eigenvalue weighted by molar-refractivity contribution is -0.118. The summed E-state index contributed by atoms with van der Waals surface area (Å²) in [5.74, 6) is 0.951. The number of aryl methyl sites for hydroxylation is 1. The van der Waals surface area contributed by atoms with Crippen molar-refractivity contribution in [3.05, 3.63) is 64.7 Å². The number of aromatic nitrogens is 2. The maximum absolute atomic E-state index is 12.0.